The second-order valence-corrected chi connectivity index (χ2v) is 13.8. The van der Waals surface area contributed by atoms with Gasteiger partial charge >= 0.3 is 18.3 Å². The minimum Gasteiger partial charge on any atom is -0.445 e. The Kier molecular flexibility index (Phi) is 10.9. The maximum absolute atomic E-state index is 13.7. The van der Waals surface area contributed by atoms with Gasteiger partial charge in [0.1, 0.15) is 23.5 Å². The summed E-state index contributed by atoms with van der Waals surface area (Å²) >= 11 is 1.33. The molecule has 3 amide bonds. The summed E-state index contributed by atoms with van der Waals surface area (Å²) in [6, 6.07) is 11.1. The monoisotopic (exact) mass is 653 g/mol. The minimum absolute atomic E-state index is 0.0712. The van der Waals surface area contributed by atoms with Crippen LogP contribution in [0.25, 0.3) is 0 Å². The highest BCUT2D eigenvalue weighted by Crippen LogP contribution is 2.37. The summed E-state index contributed by atoms with van der Waals surface area (Å²) in [7, 11) is 0. The second-order valence-electron chi connectivity index (χ2n) is 13.1. The summed E-state index contributed by atoms with van der Waals surface area (Å²) in [5, 5.41) is 10.1. The van der Waals surface area contributed by atoms with Gasteiger partial charge in [0.15, 0.2) is 11.0 Å². The summed E-state index contributed by atoms with van der Waals surface area (Å²) in [6.45, 7) is 12.1. The number of piperazine rings is 1. The van der Waals surface area contributed by atoms with E-state index in [1.807, 2.05) is 41.5 Å². The van der Waals surface area contributed by atoms with E-state index in [2.05, 4.69) is 6.07 Å². The van der Waals surface area contributed by atoms with Crippen LogP contribution in [0.3, 0.4) is 0 Å². The fourth-order valence-corrected chi connectivity index (χ4v) is 5.49. The molecule has 1 atom stereocenters. The number of aromatic nitrogens is 2. The first-order chi connectivity index (χ1) is 21.7. The fourth-order valence-electron chi connectivity index (χ4n) is 5.11. The molecule has 1 aromatic carbocycles. The van der Waals surface area contributed by atoms with E-state index in [0.717, 1.165) is 5.56 Å². The number of nitrogens with zero attached hydrogens (tertiary/aromatic N) is 7. The molecule has 0 spiro atoms. The van der Waals surface area contributed by atoms with Gasteiger partial charge in [-0.2, -0.15) is 5.26 Å². The van der Waals surface area contributed by atoms with Crippen molar-refractivity contribution in [2.45, 2.75) is 83.5 Å². The lowest BCUT2D eigenvalue weighted by Crippen LogP contribution is -2.56. The van der Waals surface area contributed by atoms with Crippen molar-refractivity contribution in [2.75, 3.05) is 48.8 Å². The van der Waals surface area contributed by atoms with Gasteiger partial charge in [-0.15, -0.1) is 0 Å². The largest absolute Gasteiger partial charge is 0.445 e. The average molecular weight is 654 g/mol. The first-order valence-corrected chi connectivity index (χ1v) is 16.4. The van der Waals surface area contributed by atoms with Crippen LogP contribution < -0.4 is 9.80 Å². The molecule has 2 aliphatic heterocycles. The smallest absolute Gasteiger partial charge is 0.415 e. The van der Waals surface area contributed by atoms with E-state index in [1.54, 1.807) is 46.4 Å². The van der Waals surface area contributed by atoms with Crippen molar-refractivity contribution in [3.63, 3.8) is 0 Å². The zero-order valence-corrected chi connectivity index (χ0v) is 28.4. The SMILES string of the molecule is CSc1nc2c(c(N3CCN(C(=O)OCc4ccccc4)[C@@H](CC#N)C3)n1)N(C(=O)OC(C)(C)C)CCN(C(=O)OC(C)(C)C)C2. The molecule has 0 aliphatic carbocycles. The first-order valence-electron chi connectivity index (χ1n) is 15.2. The number of anilines is 2. The Balaban J connectivity index is 1.69. The van der Waals surface area contributed by atoms with Crippen LogP contribution in [0.15, 0.2) is 35.5 Å². The van der Waals surface area contributed by atoms with Crippen LogP contribution in [0.2, 0.25) is 0 Å². The Labute approximate surface area is 274 Å². The van der Waals surface area contributed by atoms with Crippen LogP contribution >= 0.6 is 11.8 Å². The Morgan fingerprint density at radius 1 is 0.935 bits per heavy atom. The quantitative estimate of drug-likeness (QED) is 0.232. The van der Waals surface area contributed by atoms with Crippen LogP contribution in [0.1, 0.15) is 59.2 Å². The number of nitriles is 1. The molecule has 0 bridgehead atoms. The second kappa shape index (κ2) is 14.5. The molecule has 0 N–H and O–H groups in total. The third-order valence-electron chi connectivity index (χ3n) is 7.12. The lowest BCUT2D eigenvalue weighted by molar-refractivity contribution is 0.0236. The van der Waals surface area contributed by atoms with Gasteiger partial charge in [0.05, 0.1) is 30.8 Å². The highest BCUT2D eigenvalue weighted by molar-refractivity contribution is 7.98. The predicted octanol–water partition coefficient (Wildman–Crippen LogP) is 5.43. The molecular weight excluding hydrogens is 610 g/mol. The minimum atomic E-state index is -0.780. The molecule has 248 valence electrons. The number of carbonyl (C=O) groups is 3. The molecule has 2 aromatic rings. The number of fused-ring (bicyclic) bond motifs is 1. The van der Waals surface area contributed by atoms with Crippen LogP contribution in [-0.2, 0) is 27.4 Å². The van der Waals surface area contributed by atoms with Crippen molar-refractivity contribution in [1.29, 1.82) is 5.26 Å². The van der Waals surface area contributed by atoms with Crippen molar-refractivity contribution in [2.24, 2.45) is 0 Å². The highest BCUT2D eigenvalue weighted by atomic mass is 32.2. The van der Waals surface area contributed by atoms with Crippen LogP contribution in [0.4, 0.5) is 25.9 Å². The molecule has 46 heavy (non-hydrogen) atoms. The van der Waals surface area contributed by atoms with Crippen LogP contribution in [0.5, 0.6) is 0 Å². The van der Waals surface area contributed by atoms with E-state index in [1.165, 1.54) is 21.6 Å². The van der Waals surface area contributed by atoms with Gasteiger partial charge in [-0.1, -0.05) is 42.1 Å². The summed E-state index contributed by atoms with van der Waals surface area (Å²) < 4.78 is 17.1. The molecule has 0 saturated carbocycles. The number of rotatable bonds is 5. The Morgan fingerprint density at radius 3 is 2.24 bits per heavy atom. The van der Waals surface area contributed by atoms with Gasteiger partial charge in [-0.05, 0) is 53.4 Å². The van der Waals surface area contributed by atoms with E-state index >= 15 is 0 Å². The van der Waals surface area contributed by atoms with Gasteiger partial charge in [0.2, 0.25) is 0 Å². The first kappa shape index (κ1) is 34.6. The van der Waals surface area contributed by atoms with Gasteiger partial charge in [-0.3, -0.25) is 4.90 Å². The topological polar surface area (TPSA) is 141 Å². The van der Waals surface area contributed by atoms with E-state index in [-0.39, 0.29) is 45.8 Å². The van der Waals surface area contributed by atoms with E-state index in [9.17, 15) is 19.6 Å². The van der Waals surface area contributed by atoms with Crippen LogP contribution in [0, 0.1) is 11.3 Å². The third kappa shape index (κ3) is 8.93. The summed E-state index contributed by atoms with van der Waals surface area (Å²) in [5.74, 6) is 0.464. The highest BCUT2D eigenvalue weighted by Gasteiger charge is 2.39. The normalized spacial score (nSPS) is 17.0. The Bertz CT molecular complexity index is 1450. The molecule has 2 aliphatic rings. The summed E-state index contributed by atoms with van der Waals surface area (Å²) in [6.07, 6.45) is 0.296. The maximum atomic E-state index is 13.7. The van der Waals surface area contributed by atoms with E-state index in [4.69, 9.17) is 24.2 Å². The number of hydrogen-bond donors (Lipinski definition) is 0. The zero-order chi connectivity index (χ0) is 33.6. The number of thioether (sulfide) groups is 1. The molecule has 3 heterocycles. The third-order valence-corrected chi connectivity index (χ3v) is 7.67. The van der Waals surface area contributed by atoms with E-state index < -0.39 is 35.5 Å². The molecule has 1 aromatic heterocycles. The maximum Gasteiger partial charge on any atom is 0.415 e. The molecule has 1 saturated heterocycles. The number of benzene rings is 1. The molecule has 0 unspecified atom stereocenters. The number of ether oxygens (including phenoxy) is 3. The lowest BCUT2D eigenvalue weighted by Gasteiger charge is -2.41. The standard InChI is InChI=1S/C32H43N7O6S/c1-31(2,3)44-28(40)37-16-18-39(30(42)45-32(4,5)6)25-24(20-37)34-27(46-7)35-26(25)36-15-17-38(23(19-36)13-14-33)29(41)43-21-22-11-9-8-10-12-22/h8-12,23H,13,15-21H2,1-7H3/t23-/m0/s1. The molecule has 0 radical (unpaired) electrons. The van der Waals surface area contributed by atoms with Crippen molar-refractivity contribution < 1.29 is 28.6 Å². The number of carbonyl (C=O) groups excluding carboxylic acids is 3. The predicted molar refractivity (Wildman–Crippen MR) is 174 cm³/mol. The van der Waals surface area contributed by atoms with Crippen molar-refractivity contribution >= 4 is 41.5 Å². The summed E-state index contributed by atoms with van der Waals surface area (Å²) in [5.41, 5.74) is 0.259. The molecule has 4 rings (SSSR count). The Hall–Kier alpha value is -4.25. The van der Waals surface area contributed by atoms with Gasteiger partial charge < -0.3 is 28.9 Å². The van der Waals surface area contributed by atoms with E-state index in [0.29, 0.717) is 28.9 Å². The van der Waals surface area contributed by atoms with Crippen molar-refractivity contribution in [3.8, 4) is 6.07 Å². The molecular formula is C32H43N7O6S. The Morgan fingerprint density at radius 2 is 1.61 bits per heavy atom. The molecule has 13 nitrogen and oxygen atoms in total. The molecule has 1 fully saturated rings. The number of hydrogen-bond acceptors (Lipinski definition) is 11. The number of amides is 3. The van der Waals surface area contributed by atoms with Crippen LogP contribution in [-0.4, -0.2) is 94.3 Å². The van der Waals surface area contributed by atoms with Gasteiger partial charge in [0, 0.05) is 32.7 Å². The van der Waals surface area contributed by atoms with Gasteiger partial charge in [0.25, 0.3) is 0 Å². The fraction of sp³-hybridized carbons (Fsp3) is 0.562. The summed E-state index contributed by atoms with van der Waals surface area (Å²) in [4.78, 5) is 56.2. The van der Waals surface area contributed by atoms with Crippen molar-refractivity contribution in [1.82, 2.24) is 19.8 Å². The van der Waals surface area contributed by atoms with Crippen molar-refractivity contribution in [3.05, 3.63) is 41.6 Å². The zero-order valence-electron chi connectivity index (χ0n) is 27.6. The molecule has 14 heteroatoms. The lowest BCUT2D eigenvalue weighted by atomic mass is 10.1. The van der Waals surface area contributed by atoms with Gasteiger partial charge in [-0.25, -0.2) is 24.4 Å². The average Bonchev–Trinajstić information content (AvgIpc) is 3.18.